The summed E-state index contributed by atoms with van der Waals surface area (Å²) in [6.07, 6.45) is 1.27. The summed E-state index contributed by atoms with van der Waals surface area (Å²) in [6.45, 7) is 14.8. The molecule has 1 saturated heterocycles. The van der Waals surface area contributed by atoms with Crippen LogP contribution in [0.2, 0.25) is 0 Å². The second kappa shape index (κ2) is 5.28. The van der Waals surface area contributed by atoms with Crippen LogP contribution in [-0.4, -0.2) is 41.1 Å². The third-order valence-electron chi connectivity index (χ3n) is 3.50. The molecule has 1 rings (SSSR count). The lowest BCUT2D eigenvalue weighted by Gasteiger charge is -2.32. The van der Waals surface area contributed by atoms with Crippen molar-refractivity contribution in [2.45, 2.75) is 51.8 Å². The molecule has 0 bridgehead atoms. The van der Waals surface area contributed by atoms with Crippen LogP contribution in [0.25, 0.3) is 0 Å². The molecule has 3 heteroatoms. The van der Waals surface area contributed by atoms with Crippen LogP contribution in [0.1, 0.15) is 41.0 Å². The summed E-state index contributed by atoms with van der Waals surface area (Å²) < 4.78 is 0.445. The van der Waals surface area contributed by atoms with E-state index in [2.05, 4.69) is 51.3 Å². The Morgan fingerprint density at radius 3 is 2.50 bits per heavy atom. The number of hydrogen-bond acceptors (Lipinski definition) is 3. The molecule has 0 aromatic rings. The second-order valence-corrected chi connectivity index (χ2v) is 8.43. The van der Waals surface area contributed by atoms with Gasteiger partial charge in [-0.2, -0.15) is 11.8 Å². The van der Waals surface area contributed by atoms with Gasteiger partial charge in [0.15, 0.2) is 0 Å². The first-order valence-electron chi connectivity index (χ1n) is 6.33. The van der Waals surface area contributed by atoms with E-state index < -0.39 is 0 Å². The van der Waals surface area contributed by atoms with Gasteiger partial charge in [0, 0.05) is 29.6 Å². The van der Waals surface area contributed by atoms with Crippen LogP contribution in [-0.2, 0) is 0 Å². The number of nitrogens with zero attached hydrogens (tertiary/aromatic N) is 1. The third kappa shape index (κ3) is 4.64. The Kier molecular flexibility index (Phi) is 4.73. The maximum Gasteiger partial charge on any atom is 0.0217 e. The number of rotatable bonds is 2. The summed E-state index contributed by atoms with van der Waals surface area (Å²) in [6, 6.07) is 0.277. The Hall–Kier alpha value is 0.270. The van der Waals surface area contributed by atoms with E-state index in [4.69, 9.17) is 5.73 Å². The molecule has 0 aromatic heterocycles. The van der Waals surface area contributed by atoms with E-state index in [0.717, 1.165) is 6.54 Å². The molecule has 0 spiro atoms. The van der Waals surface area contributed by atoms with Gasteiger partial charge in [0.2, 0.25) is 0 Å². The minimum absolute atomic E-state index is 0.217. The lowest BCUT2D eigenvalue weighted by atomic mass is 9.87. The third-order valence-corrected chi connectivity index (χ3v) is 4.87. The van der Waals surface area contributed by atoms with Gasteiger partial charge in [0.1, 0.15) is 0 Å². The first-order valence-corrected chi connectivity index (χ1v) is 7.31. The average molecular weight is 244 g/mol. The Morgan fingerprint density at radius 2 is 1.94 bits per heavy atom. The van der Waals surface area contributed by atoms with Crippen molar-refractivity contribution in [1.82, 2.24) is 4.90 Å². The molecular weight excluding hydrogens is 216 g/mol. The first kappa shape index (κ1) is 14.3. The van der Waals surface area contributed by atoms with Crippen LogP contribution >= 0.6 is 11.8 Å². The molecule has 1 aliphatic heterocycles. The van der Waals surface area contributed by atoms with Crippen LogP contribution < -0.4 is 5.73 Å². The van der Waals surface area contributed by atoms with Gasteiger partial charge in [-0.1, -0.05) is 34.6 Å². The zero-order valence-electron chi connectivity index (χ0n) is 11.5. The molecule has 1 unspecified atom stereocenters. The molecule has 96 valence electrons. The molecule has 0 saturated carbocycles. The zero-order valence-corrected chi connectivity index (χ0v) is 12.4. The predicted molar refractivity (Wildman–Crippen MR) is 75.0 cm³/mol. The normalized spacial score (nSPS) is 25.1. The minimum Gasteiger partial charge on any atom is -0.326 e. The van der Waals surface area contributed by atoms with Crippen molar-refractivity contribution in [2.75, 3.05) is 25.4 Å². The van der Waals surface area contributed by atoms with Gasteiger partial charge < -0.3 is 10.6 Å². The molecule has 0 amide bonds. The first-order chi connectivity index (χ1) is 7.21. The Balaban J connectivity index is 2.44. The molecule has 2 nitrogen and oxygen atoms in total. The van der Waals surface area contributed by atoms with E-state index in [1.165, 1.54) is 25.3 Å². The maximum atomic E-state index is 6.25. The van der Waals surface area contributed by atoms with Gasteiger partial charge in [-0.15, -0.1) is 0 Å². The maximum absolute atomic E-state index is 6.25. The summed E-state index contributed by atoms with van der Waals surface area (Å²) in [5.41, 5.74) is 6.47. The molecule has 1 heterocycles. The van der Waals surface area contributed by atoms with E-state index in [9.17, 15) is 0 Å². The van der Waals surface area contributed by atoms with E-state index in [0.29, 0.717) is 4.75 Å². The van der Waals surface area contributed by atoms with Crippen molar-refractivity contribution < 1.29 is 0 Å². The van der Waals surface area contributed by atoms with Gasteiger partial charge in [0.25, 0.3) is 0 Å². The molecule has 0 radical (unpaired) electrons. The second-order valence-electron chi connectivity index (χ2n) is 6.63. The lowest BCUT2D eigenvalue weighted by molar-refractivity contribution is 0.204. The van der Waals surface area contributed by atoms with Crippen molar-refractivity contribution in [3.63, 3.8) is 0 Å². The molecule has 1 fully saturated rings. The molecular formula is C13H28N2S. The molecule has 16 heavy (non-hydrogen) atoms. The summed E-state index contributed by atoms with van der Waals surface area (Å²) in [7, 11) is 0. The highest BCUT2D eigenvalue weighted by Crippen LogP contribution is 2.31. The number of thioether (sulfide) groups is 1. The Labute approximate surface area is 105 Å². The SMILES string of the molecule is CC1(C)CCN(CC(N)C(C)(C)C)CCS1. The van der Waals surface area contributed by atoms with E-state index >= 15 is 0 Å². The van der Waals surface area contributed by atoms with Crippen LogP contribution in [0.4, 0.5) is 0 Å². The van der Waals surface area contributed by atoms with Gasteiger partial charge in [-0.25, -0.2) is 0 Å². The lowest BCUT2D eigenvalue weighted by Crippen LogP contribution is -2.46. The summed E-state index contributed by atoms with van der Waals surface area (Å²) in [5, 5.41) is 0. The topological polar surface area (TPSA) is 29.3 Å². The van der Waals surface area contributed by atoms with Crippen LogP contribution in [0.15, 0.2) is 0 Å². The quantitative estimate of drug-likeness (QED) is 0.809. The average Bonchev–Trinajstić information content (AvgIpc) is 2.26. The van der Waals surface area contributed by atoms with Crippen molar-refractivity contribution in [2.24, 2.45) is 11.1 Å². The van der Waals surface area contributed by atoms with Crippen molar-refractivity contribution in [1.29, 1.82) is 0 Å². The fraction of sp³-hybridized carbons (Fsp3) is 1.00. The van der Waals surface area contributed by atoms with Crippen molar-refractivity contribution >= 4 is 11.8 Å². The Bertz CT molecular complexity index is 220. The minimum atomic E-state index is 0.217. The van der Waals surface area contributed by atoms with Crippen LogP contribution in [0.5, 0.6) is 0 Å². The smallest absolute Gasteiger partial charge is 0.0217 e. The fourth-order valence-electron chi connectivity index (χ4n) is 1.80. The molecule has 0 aliphatic carbocycles. The zero-order chi connectivity index (χ0) is 12.4. The van der Waals surface area contributed by atoms with E-state index in [1.807, 2.05) is 0 Å². The number of hydrogen-bond donors (Lipinski definition) is 1. The molecule has 2 N–H and O–H groups in total. The largest absolute Gasteiger partial charge is 0.326 e. The number of nitrogens with two attached hydrogens (primary N) is 1. The highest BCUT2D eigenvalue weighted by molar-refractivity contribution is 8.00. The summed E-state index contributed by atoms with van der Waals surface area (Å²) in [4.78, 5) is 2.54. The van der Waals surface area contributed by atoms with Crippen LogP contribution in [0.3, 0.4) is 0 Å². The van der Waals surface area contributed by atoms with Crippen molar-refractivity contribution in [3.05, 3.63) is 0 Å². The van der Waals surface area contributed by atoms with Gasteiger partial charge in [0.05, 0.1) is 0 Å². The monoisotopic (exact) mass is 244 g/mol. The molecule has 1 atom stereocenters. The van der Waals surface area contributed by atoms with E-state index in [-0.39, 0.29) is 11.5 Å². The Morgan fingerprint density at radius 1 is 1.31 bits per heavy atom. The highest BCUT2D eigenvalue weighted by atomic mass is 32.2. The highest BCUT2D eigenvalue weighted by Gasteiger charge is 2.27. The van der Waals surface area contributed by atoms with Crippen LogP contribution in [0, 0.1) is 5.41 Å². The summed E-state index contributed by atoms with van der Waals surface area (Å²) >= 11 is 2.10. The fourth-order valence-corrected chi connectivity index (χ4v) is 2.93. The van der Waals surface area contributed by atoms with Gasteiger partial charge >= 0.3 is 0 Å². The van der Waals surface area contributed by atoms with Gasteiger partial charge in [-0.05, 0) is 18.4 Å². The standard InChI is InChI=1S/C13H28N2S/c1-12(2,3)11(14)10-15-7-6-13(4,5)16-9-8-15/h11H,6-10,14H2,1-5H3. The molecule has 1 aliphatic rings. The summed E-state index contributed by atoms with van der Waals surface area (Å²) in [5.74, 6) is 1.24. The predicted octanol–water partition coefficient (Wildman–Crippen LogP) is 2.58. The molecule has 0 aromatic carbocycles. The van der Waals surface area contributed by atoms with Crippen molar-refractivity contribution in [3.8, 4) is 0 Å². The van der Waals surface area contributed by atoms with E-state index in [1.54, 1.807) is 0 Å². The van der Waals surface area contributed by atoms with Gasteiger partial charge in [-0.3, -0.25) is 0 Å².